The summed E-state index contributed by atoms with van der Waals surface area (Å²) < 4.78 is 11.8. The highest BCUT2D eigenvalue weighted by atomic mass is 79.9. The number of amides is 1. The number of halogens is 1. The molecule has 1 N–H and O–H groups in total. The van der Waals surface area contributed by atoms with Crippen molar-refractivity contribution in [3.8, 4) is 11.5 Å². The zero-order valence-corrected chi connectivity index (χ0v) is 15.7. The monoisotopic (exact) mass is 391 g/mol. The first kappa shape index (κ1) is 18.3. The Morgan fingerprint density at radius 3 is 2.46 bits per heavy atom. The van der Waals surface area contributed by atoms with Gasteiger partial charge in [0.25, 0.3) is 5.91 Å². The third kappa shape index (κ3) is 5.27. The van der Waals surface area contributed by atoms with Crippen LogP contribution in [0.2, 0.25) is 0 Å². The van der Waals surface area contributed by atoms with Gasteiger partial charge in [0, 0.05) is 12.1 Å². The van der Waals surface area contributed by atoms with Crippen LogP contribution in [0.25, 0.3) is 0 Å². The van der Waals surface area contributed by atoms with E-state index in [0.717, 1.165) is 21.5 Å². The van der Waals surface area contributed by atoms with Gasteiger partial charge in [0.2, 0.25) is 0 Å². The molecule has 2 aromatic rings. The number of carbonyl (C=O) groups excluding carboxylic acids is 1. The lowest BCUT2D eigenvalue weighted by Crippen LogP contribution is -2.22. The molecule has 1 amide bonds. The number of hydrogen-bond acceptors (Lipinski definition) is 3. The SMILES string of the molecule is CCOc1ccc(C(=O)NCc2ccc(OC(C)C)cc2)cc1Br. The quantitative estimate of drug-likeness (QED) is 0.751. The molecule has 5 heteroatoms. The van der Waals surface area contributed by atoms with E-state index in [2.05, 4.69) is 21.2 Å². The molecule has 0 radical (unpaired) electrons. The summed E-state index contributed by atoms with van der Waals surface area (Å²) in [7, 11) is 0. The fraction of sp³-hybridized carbons (Fsp3) is 0.316. The van der Waals surface area contributed by atoms with E-state index in [0.29, 0.717) is 18.7 Å². The van der Waals surface area contributed by atoms with Crippen LogP contribution in [0.15, 0.2) is 46.9 Å². The summed E-state index contributed by atoms with van der Waals surface area (Å²) in [6.07, 6.45) is 0.147. The van der Waals surface area contributed by atoms with Gasteiger partial charge in [-0.25, -0.2) is 0 Å². The zero-order valence-electron chi connectivity index (χ0n) is 14.1. The molecule has 0 unspecified atom stereocenters. The lowest BCUT2D eigenvalue weighted by Gasteiger charge is -2.11. The van der Waals surface area contributed by atoms with Gasteiger partial charge in [-0.2, -0.15) is 0 Å². The molecule has 0 aromatic heterocycles. The Morgan fingerprint density at radius 2 is 1.88 bits per heavy atom. The average Bonchev–Trinajstić information content (AvgIpc) is 2.55. The summed E-state index contributed by atoms with van der Waals surface area (Å²) in [5.74, 6) is 1.44. The molecule has 0 spiro atoms. The largest absolute Gasteiger partial charge is 0.493 e. The maximum atomic E-state index is 12.3. The van der Waals surface area contributed by atoms with Gasteiger partial charge in [0.05, 0.1) is 17.2 Å². The second-order valence-electron chi connectivity index (χ2n) is 5.57. The highest BCUT2D eigenvalue weighted by molar-refractivity contribution is 9.10. The van der Waals surface area contributed by atoms with Gasteiger partial charge in [-0.1, -0.05) is 12.1 Å². The Bertz CT molecular complexity index is 684. The molecule has 0 bridgehead atoms. The van der Waals surface area contributed by atoms with Crippen LogP contribution in [0.3, 0.4) is 0 Å². The minimum absolute atomic E-state index is 0.124. The van der Waals surface area contributed by atoms with Crippen LogP contribution in [0.5, 0.6) is 11.5 Å². The molecular formula is C19H22BrNO3. The van der Waals surface area contributed by atoms with Crippen molar-refractivity contribution in [1.29, 1.82) is 0 Å². The standard InChI is InChI=1S/C19H22BrNO3/c1-4-23-18-10-7-15(11-17(18)20)19(22)21-12-14-5-8-16(9-6-14)24-13(2)3/h5-11,13H,4,12H2,1-3H3,(H,21,22). The van der Waals surface area contributed by atoms with E-state index in [-0.39, 0.29) is 12.0 Å². The van der Waals surface area contributed by atoms with E-state index in [1.54, 1.807) is 18.2 Å². The van der Waals surface area contributed by atoms with Crippen molar-refractivity contribution >= 4 is 21.8 Å². The topological polar surface area (TPSA) is 47.6 Å². The van der Waals surface area contributed by atoms with Crippen molar-refractivity contribution in [2.24, 2.45) is 0 Å². The van der Waals surface area contributed by atoms with Crippen molar-refractivity contribution in [3.63, 3.8) is 0 Å². The molecule has 0 saturated heterocycles. The van der Waals surface area contributed by atoms with Crippen LogP contribution in [0.1, 0.15) is 36.7 Å². The summed E-state index contributed by atoms with van der Waals surface area (Å²) in [5, 5.41) is 2.91. The van der Waals surface area contributed by atoms with Crippen molar-refractivity contribution in [2.75, 3.05) is 6.61 Å². The van der Waals surface area contributed by atoms with Crippen molar-refractivity contribution < 1.29 is 14.3 Å². The molecular weight excluding hydrogens is 370 g/mol. The first-order valence-electron chi connectivity index (χ1n) is 7.95. The van der Waals surface area contributed by atoms with Gasteiger partial charge in [-0.15, -0.1) is 0 Å². The Hall–Kier alpha value is -2.01. The number of carbonyl (C=O) groups is 1. The summed E-state index contributed by atoms with van der Waals surface area (Å²) in [6, 6.07) is 13.0. The number of benzene rings is 2. The van der Waals surface area contributed by atoms with E-state index < -0.39 is 0 Å². The van der Waals surface area contributed by atoms with Crippen LogP contribution in [0, 0.1) is 0 Å². The number of nitrogens with one attached hydrogen (secondary N) is 1. The van der Waals surface area contributed by atoms with Crippen LogP contribution >= 0.6 is 15.9 Å². The van der Waals surface area contributed by atoms with Gasteiger partial charge in [0.15, 0.2) is 0 Å². The third-order valence-corrected chi connectivity index (χ3v) is 3.86. The van der Waals surface area contributed by atoms with E-state index in [1.807, 2.05) is 45.0 Å². The first-order valence-corrected chi connectivity index (χ1v) is 8.75. The Morgan fingerprint density at radius 1 is 1.17 bits per heavy atom. The van der Waals surface area contributed by atoms with Gasteiger partial charge in [-0.3, -0.25) is 4.79 Å². The summed E-state index contributed by atoms with van der Waals surface area (Å²) >= 11 is 3.42. The minimum Gasteiger partial charge on any atom is -0.493 e. The predicted molar refractivity (Wildman–Crippen MR) is 98.7 cm³/mol. The molecule has 0 atom stereocenters. The Kier molecular flexibility index (Phi) is 6.67. The van der Waals surface area contributed by atoms with E-state index >= 15 is 0 Å². The minimum atomic E-state index is -0.124. The normalized spacial score (nSPS) is 10.5. The first-order chi connectivity index (χ1) is 11.5. The van der Waals surface area contributed by atoms with Crippen LogP contribution in [-0.4, -0.2) is 18.6 Å². The van der Waals surface area contributed by atoms with Gasteiger partial charge in [0.1, 0.15) is 11.5 Å². The maximum absolute atomic E-state index is 12.3. The maximum Gasteiger partial charge on any atom is 0.251 e. The van der Waals surface area contributed by atoms with E-state index in [9.17, 15) is 4.79 Å². The lowest BCUT2D eigenvalue weighted by molar-refractivity contribution is 0.0951. The predicted octanol–water partition coefficient (Wildman–Crippen LogP) is 4.57. The molecule has 24 heavy (non-hydrogen) atoms. The lowest BCUT2D eigenvalue weighted by atomic mass is 10.2. The molecule has 2 aromatic carbocycles. The van der Waals surface area contributed by atoms with Gasteiger partial charge >= 0.3 is 0 Å². The third-order valence-electron chi connectivity index (χ3n) is 3.24. The summed E-state index contributed by atoms with van der Waals surface area (Å²) in [4.78, 5) is 12.3. The molecule has 0 aliphatic rings. The molecule has 0 fully saturated rings. The smallest absolute Gasteiger partial charge is 0.251 e. The second-order valence-corrected chi connectivity index (χ2v) is 6.43. The Labute approximate surface area is 151 Å². The summed E-state index contributed by atoms with van der Waals surface area (Å²) in [5.41, 5.74) is 1.61. The molecule has 0 aliphatic heterocycles. The average molecular weight is 392 g/mol. The molecule has 4 nitrogen and oxygen atoms in total. The highest BCUT2D eigenvalue weighted by Gasteiger charge is 2.09. The highest BCUT2D eigenvalue weighted by Crippen LogP contribution is 2.26. The number of rotatable bonds is 7. The number of hydrogen-bond donors (Lipinski definition) is 1. The van der Waals surface area contributed by atoms with Crippen LogP contribution in [0.4, 0.5) is 0 Å². The fourth-order valence-electron chi connectivity index (χ4n) is 2.16. The van der Waals surface area contributed by atoms with Crippen molar-refractivity contribution in [1.82, 2.24) is 5.32 Å². The zero-order chi connectivity index (χ0) is 17.5. The molecule has 0 heterocycles. The molecule has 0 aliphatic carbocycles. The number of ether oxygens (including phenoxy) is 2. The fourth-order valence-corrected chi connectivity index (χ4v) is 2.65. The van der Waals surface area contributed by atoms with Gasteiger partial charge < -0.3 is 14.8 Å². The van der Waals surface area contributed by atoms with E-state index in [1.165, 1.54) is 0 Å². The van der Waals surface area contributed by atoms with E-state index in [4.69, 9.17) is 9.47 Å². The van der Waals surface area contributed by atoms with Crippen LogP contribution in [-0.2, 0) is 6.54 Å². The molecule has 0 saturated carbocycles. The second kappa shape index (κ2) is 8.73. The molecule has 2 rings (SSSR count). The van der Waals surface area contributed by atoms with Crippen LogP contribution < -0.4 is 14.8 Å². The Balaban J connectivity index is 1.94. The van der Waals surface area contributed by atoms with Crippen molar-refractivity contribution in [2.45, 2.75) is 33.4 Å². The van der Waals surface area contributed by atoms with Gasteiger partial charge in [-0.05, 0) is 72.6 Å². The van der Waals surface area contributed by atoms with Crippen molar-refractivity contribution in [3.05, 3.63) is 58.1 Å². The molecule has 128 valence electrons. The summed E-state index contributed by atoms with van der Waals surface area (Å²) in [6.45, 7) is 6.95.